The molecule has 0 aromatic heterocycles. The number of rotatable bonds is 7. The molecule has 1 aromatic carbocycles. The van der Waals surface area contributed by atoms with Crippen molar-refractivity contribution in [3.8, 4) is 5.75 Å². The lowest BCUT2D eigenvalue weighted by Gasteiger charge is -2.16. The minimum absolute atomic E-state index is 0.0676. The smallest absolute Gasteiger partial charge is 0.260 e. The summed E-state index contributed by atoms with van der Waals surface area (Å²) in [6.45, 7) is 5.39. The third kappa shape index (κ3) is 5.75. The van der Waals surface area contributed by atoms with E-state index in [2.05, 4.69) is 10.2 Å². The summed E-state index contributed by atoms with van der Waals surface area (Å²) in [5, 5.41) is 2.89. The summed E-state index contributed by atoms with van der Waals surface area (Å²) in [5.74, 6) is 0.695. The van der Waals surface area contributed by atoms with E-state index in [0.717, 1.165) is 24.3 Å². The van der Waals surface area contributed by atoms with Crippen LogP contribution in [0.4, 0.5) is 0 Å². The largest absolute Gasteiger partial charge is 0.481 e. The highest BCUT2D eigenvalue weighted by Gasteiger charge is 2.14. The maximum atomic E-state index is 11.9. The molecule has 106 valence electrons. The number of nitrogens with zero attached hydrogens (tertiary/aromatic N) is 1. The van der Waals surface area contributed by atoms with Gasteiger partial charge in [-0.3, -0.25) is 4.79 Å². The molecule has 4 heteroatoms. The van der Waals surface area contributed by atoms with Crippen LogP contribution in [0.25, 0.3) is 0 Å². The first-order valence-electron chi connectivity index (χ1n) is 6.65. The fourth-order valence-electron chi connectivity index (χ4n) is 1.68. The van der Waals surface area contributed by atoms with Crippen LogP contribution in [-0.4, -0.2) is 44.1 Å². The van der Waals surface area contributed by atoms with Gasteiger partial charge in [-0.2, -0.15) is 0 Å². The van der Waals surface area contributed by atoms with Crippen LogP contribution >= 0.6 is 0 Å². The molecule has 0 radical (unpaired) electrons. The van der Waals surface area contributed by atoms with Crippen LogP contribution in [0.3, 0.4) is 0 Å². The van der Waals surface area contributed by atoms with Crippen LogP contribution in [0.5, 0.6) is 5.75 Å². The molecule has 0 aliphatic rings. The normalized spacial score (nSPS) is 12.3. The molecule has 0 saturated heterocycles. The highest BCUT2D eigenvalue weighted by atomic mass is 16.5. The first-order valence-corrected chi connectivity index (χ1v) is 6.65. The van der Waals surface area contributed by atoms with Gasteiger partial charge in [0, 0.05) is 6.54 Å². The number of carbonyl (C=O) groups is 1. The fraction of sp³-hybridized carbons (Fsp3) is 0.533. The second kappa shape index (κ2) is 7.79. The molecule has 1 aromatic rings. The van der Waals surface area contributed by atoms with Gasteiger partial charge in [0.25, 0.3) is 5.91 Å². The molecule has 1 amide bonds. The lowest BCUT2D eigenvalue weighted by molar-refractivity contribution is -0.127. The topological polar surface area (TPSA) is 41.6 Å². The molecule has 1 N–H and O–H groups in total. The van der Waals surface area contributed by atoms with Crippen molar-refractivity contribution in [1.82, 2.24) is 10.2 Å². The number of hydrogen-bond acceptors (Lipinski definition) is 3. The summed E-state index contributed by atoms with van der Waals surface area (Å²) in [6, 6.07) is 7.71. The maximum absolute atomic E-state index is 11.9. The van der Waals surface area contributed by atoms with Crippen molar-refractivity contribution >= 4 is 5.91 Å². The van der Waals surface area contributed by atoms with Gasteiger partial charge >= 0.3 is 0 Å². The second-order valence-corrected chi connectivity index (χ2v) is 4.97. The van der Waals surface area contributed by atoms with Crippen LogP contribution in [0.2, 0.25) is 0 Å². The van der Waals surface area contributed by atoms with Gasteiger partial charge in [-0.15, -0.1) is 0 Å². The Morgan fingerprint density at radius 2 is 2.05 bits per heavy atom. The molecule has 0 unspecified atom stereocenters. The highest BCUT2D eigenvalue weighted by Crippen LogP contribution is 2.17. The van der Waals surface area contributed by atoms with Crippen molar-refractivity contribution in [2.75, 3.05) is 27.2 Å². The molecule has 0 aliphatic carbocycles. The molecule has 1 atom stereocenters. The standard InChI is InChI=1S/C15H24N2O2/c1-12-8-5-6-9-14(12)19-13(2)15(18)16-10-7-11-17(3)4/h5-6,8-9,13H,7,10-11H2,1-4H3,(H,16,18)/t13-/m1/s1. The molecule has 1 rings (SSSR count). The van der Waals surface area contributed by atoms with E-state index in [1.54, 1.807) is 6.92 Å². The minimum Gasteiger partial charge on any atom is -0.481 e. The first-order chi connectivity index (χ1) is 9.00. The summed E-state index contributed by atoms with van der Waals surface area (Å²) in [4.78, 5) is 14.0. The second-order valence-electron chi connectivity index (χ2n) is 4.97. The molecule has 0 heterocycles. The zero-order valence-electron chi connectivity index (χ0n) is 12.3. The predicted molar refractivity (Wildman–Crippen MR) is 77.4 cm³/mol. The average molecular weight is 264 g/mol. The Morgan fingerprint density at radius 3 is 2.68 bits per heavy atom. The zero-order chi connectivity index (χ0) is 14.3. The Bertz CT molecular complexity index is 405. The van der Waals surface area contributed by atoms with E-state index in [1.807, 2.05) is 45.3 Å². The Morgan fingerprint density at radius 1 is 1.37 bits per heavy atom. The summed E-state index contributed by atoms with van der Waals surface area (Å²) in [5.41, 5.74) is 1.04. The lowest BCUT2D eigenvalue weighted by atomic mass is 10.2. The number of para-hydroxylation sites is 1. The Balaban J connectivity index is 2.35. The highest BCUT2D eigenvalue weighted by molar-refractivity contribution is 5.80. The zero-order valence-corrected chi connectivity index (χ0v) is 12.3. The van der Waals surface area contributed by atoms with Gasteiger partial charge in [0.05, 0.1) is 0 Å². The van der Waals surface area contributed by atoms with Crippen molar-refractivity contribution in [1.29, 1.82) is 0 Å². The van der Waals surface area contributed by atoms with Crippen LogP contribution in [-0.2, 0) is 4.79 Å². The molecule has 0 fully saturated rings. The van der Waals surface area contributed by atoms with Crippen LogP contribution < -0.4 is 10.1 Å². The molecular formula is C15H24N2O2. The van der Waals surface area contributed by atoms with Crippen molar-refractivity contribution in [3.63, 3.8) is 0 Å². The van der Waals surface area contributed by atoms with Gasteiger partial charge in [-0.1, -0.05) is 18.2 Å². The number of ether oxygens (including phenoxy) is 1. The van der Waals surface area contributed by atoms with Gasteiger partial charge in [0.15, 0.2) is 6.10 Å². The quantitative estimate of drug-likeness (QED) is 0.764. The van der Waals surface area contributed by atoms with E-state index in [-0.39, 0.29) is 5.91 Å². The van der Waals surface area contributed by atoms with E-state index in [0.29, 0.717) is 6.54 Å². The predicted octanol–water partition coefficient (Wildman–Crippen LogP) is 1.83. The van der Waals surface area contributed by atoms with E-state index in [1.165, 1.54) is 0 Å². The molecule has 19 heavy (non-hydrogen) atoms. The lowest BCUT2D eigenvalue weighted by Crippen LogP contribution is -2.37. The van der Waals surface area contributed by atoms with E-state index in [9.17, 15) is 4.79 Å². The summed E-state index contributed by atoms with van der Waals surface area (Å²) >= 11 is 0. The Labute approximate surface area is 115 Å². The Kier molecular flexibility index (Phi) is 6.36. The van der Waals surface area contributed by atoms with Crippen molar-refractivity contribution in [2.45, 2.75) is 26.4 Å². The van der Waals surface area contributed by atoms with Crippen LogP contribution in [0, 0.1) is 6.92 Å². The minimum atomic E-state index is -0.472. The van der Waals surface area contributed by atoms with E-state index >= 15 is 0 Å². The average Bonchev–Trinajstić information content (AvgIpc) is 2.36. The number of benzene rings is 1. The number of carbonyl (C=O) groups excluding carboxylic acids is 1. The number of hydrogen-bond donors (Lipinski definition) is 1. The van der Waals surface area contributed by atoms with E-state index < -0.39 is 6.10 Å². The molecule has 0 spiro atoms. The molecule has 0 bridgehead atoms. The SMILES string of the molecule is Cc1ccccc1O[C@H](C)C(=O)NCCCN(C)C. The van der Waals surface area contributed by atoms with Gasteiger partial charge < -0.3 is 15.0 Å². The third-order valence-corrected chi connectivity index (χ3v) is 2.85. The molecule has 0 saturated carbocycles. The van der Waals surface area contributed by atoms with Crippen molar-refractivity contribution < 1.29 is 9.53 Å². The van der Waals surface area contributed by atoms with Gasteiger partial charge in [-0.05, 0) is 52.5 Å². The molecule has 0 aliphatic heterocycles. The third-order valence-electron chi connectivity index (χ3n) is 2.85. The number of amides is 1. The monoisotopic (exact) mass is 264 g/mol. The summed E-state index contributed by atoms with van der Waals surface area (Å²) in [7, 11) is 4.04. The maximum Gasteiger partial charge on any atom is 0.260 e. The summed E-state index contributed by atoms with van der Waals surface area (Å²) in [6.07, 6.45) is 0.469. The number of nitrogens with one attached hydrogen (secondary N) is 1. The van der Waals surface area contributed by atoms with Gasteiger partial charge in [0.2, 0.25) is 0 Å². The van der Waals surface area contributed by atoms with E-state index in [4.69, 9.17) is 4.74 Å². The summed E-state index contributed by atoms with van der Waals surface area (Å²) < 4.78 is 5.66. The number of aryl methyl sites for hydroxylation is 1. The Hall–Kier alpha value is -1.55. The van der Waals surface area contributed by atoms with Crippen molar-refractivity contribution in [3.05, 3.63) is 29.8 Å². The van der Waals surface area contributed by atoms with Gasteiger partial charge in [-0.25, -0.2) is 0 Å². The molecular weight excluding hydrogens is 240 g/mol. The first kappa shape index (κ1) is 15.5. The van der Waals surface area contributed by atoms with Gasteiger partial charge in [0.1, 0.15) is 5.75 Å². The molecule has 4 nitrogen and oxygen atoms in total. The van der Waals surface area contributed by atoms with Crippen molar-refractivity contribution in [2.24, 2.45) is 0 Å². The fourth-order valence-corrected chi connectivity index (χ4v) is 1.68. The van der Waals surface area contributed by atoms with Crippen LogP contribution in [0.15, 0.2) is 24.3 Å². The van der Waals surface area contributed by atoms with Crippen LogP contribution in [0.1, 0.15) is 18.9 Å².